The third-order valence-electron chi connectivity index (χ3n) is 4.60. The first kappa shape index (κ1) is 19.2. The molecule has 2 aromatic heterocycles. The molecule has 0 bridgehead atoms. The molecular weight excluding hydrogens is 364 g/mol. The molecule has 1 aliphatic rings. The molecule has 2 amide bonds. The smallest absolute Gasteiger partial charge is 0.265 e. The van der Waals surface area contributed by atoms with Crippen molar-refractivity contribution in [1.82, 2.24) is 20.1 Å². The lowest BCUT2D eigenvalue weighted by molar-refractivity contribution is -0.120. The van der Waals surface area contributed by atoms with Gasteiger partial charge in [-0.3, -0.25) is 9.59 Å². The van der Waals surface area contributed by atoms with Crippen molar-refractivity contribution in [2.24, 2.45) is 5.92 Å². The van der Waals surface area contributed by atoms with Crippen LogP contribution in [-0.2, 0) is 4.79 Å². The maximum atomic E-state index is 12.6. The van der Waals surface area contributed by atoms with Crippen LogP contribution in [0.4, 0.5) is 10.9 Å². The lowest BCUT2D eigenvalue weighted by Crippen LogP contribution is -2.38. The lowest BCUT2D eigenvalue weighted by atomic mass is 9.96. The van der Waals surface area contributed by atoms with Crippen molar-refractivity contribution in [3.05, 3.63) is 28.4 Å². The van der Waals surface area contributed by atoms with Gasteiger partial charge in [0.25, 0.3) is 5.91 Å². The van der Waals surface area contributed by atoms with E-state index in [2.05, 4.69) is 25.4 Å². The SMILES string of the molecule is Cc1ccc(N2CCC(C(=O)Nc3nc(C)c(C(=O)N(C)C)s3)CC2)nn1. The van der Waals surface area contributed by atoms with E-state index < -0.39 is 0 Å². The fourth-order valence-corrected chi connectivity index (χ4v) is 3.98. The van der Waals surface area contributed by atoms with Gasteiger partial charge in [-0.2, -0.15) is 5.10 Å². The Bertz CT molecular complexity index is 825. The Kier molecular flexibility index (Phi) is 5.69. The highest BCUT2D eigenvalue weighted by Gasteiger charge is 2.27. The Hall–Kier alpha value is -2.55. The second kappa shape index (κ2) is 7.99. The van der Waals surface area contributed by atoms with Gasteiger partial charge in [0, 0.05) is 33.1 Å². The minimum Gasteiger partial charge on any atom is -0.355 e. The molecule has 0 unspecified atom stereocenters. The van der Waals surface area contributed by atoms with Crippen molar-refractivity contribution < 1.29 is 9.59 Å². The van der Waals surface area contributed by atoms with Crippen LogP contribution < -0.4 is 10.2 Å². The highest BCUT2D eigenvalue weighted by Crippen LogP contribution is 2.26. The van der Waals surface area contributed by atoms with Crippen LogP contribution in [0.3, 0.4) is 0 Å². The van der Waals surface area contributed by atoms with E-state index >= 15 is 0 Å². The molecule has 0 aromatic carbocycles. The van der Waals surface area contributed by atoms with Crippen molar-refractivity contribution in [2.75, 3.05) is 37.4 Å². The van der Waals surface area contributed by atoms with Crippen LogP contribution in [0.5, 0.6) is 0 Å². The highest BCUT2D eigenvalue weighted by molar-refractivity contribution is 7.17. The molecule has 27 heavy (non-hydrogen) atoms. The molecule has 9 heteroatoms. The van der Waals surface area contributed by atoms with Gasteiger partial charge in [-0.25, -0.2) is 4.98 Å². The lowest BCUT2D eigenvalue weighted by Gasteiger charge is -2.31. The molecular formula is C18H24N6O2S. The molecule has 1 aliphatic heterocycles. The largest absolute Gasteiger partial charge is 0.355 e. The summed E-state index contributed by atoms with van der Waals surface area (Å²) in [6.45, 7) is 5.21. The summed E-state index contributed by atoms with van der Waals surface area (Å²) in [4.78, 5) is 33.3. The number of rotatable bonds is 4. The van der Waals surface area contributed by atoms with Crippen LogP contribution in [0.1, 0.15) is 33.9 Å². The zero-order chi connectivity index (χ0) is 19.6. The van der Waals surface area contributed by atoms with Crippen molar-refractivity contribution in [3.63, 3.8) is 0 Å². The standard InChI is InChI=1S/C18H24N6O2S/c1-11-5-6-14(22-21-11)24-9-7-13(8-10-24)16(25)20-18-19-12(2)15(27-18)17(26)23(3)4/h5-6,13H,7-10H2,1-4H3,(H,19,20,25). The van der Waals surface area contributed by atoms with Crippen molar-refractivity contribution in [2.45, 2.75) is 26.7 Å². The molecule has 0 aliphatic carbocycles. The summed E-state index contributed by atoms with van der Waals surface area (Å²) in [5.41, 5.74) is 1.53. The molecule has 1 fully saturated rings. The van der Waals surface area contributed by atoms with Gasteiger partial charge in [0.05, 0.1) is 11.4 Å². The fourth-order valence-electron chi connectivity index (χ4n) is 2.99. The minimum atomic E-state index is -0.0991. The molecule has 3 heterocycles. The van der Waals surface area contributed by atoms with Gasteiger partial charge in [-0.15, -0.1) is 5.10 Å². The van der Waals surface area contributed by atoms with Crippen molar-refractivity contribution >= 4 is 34.1 Å². The Morgan fingerprint density at radius 3 is 2.48 bits per heavy atom. The number of amides is 2. The Morgan fingerprint density at radius 2 is 1.89 bits per heavy atom. The van der Waals surface area contributed by atoms with Crippen LogP contribution >= 0.6 is 11.3 Å². The van der Waals surface area contributed by atoms with E-state index in [0.717, 1.165) is 37.4 Å². The summed E-state index contributed by atoms with van der Waals surface area (Å²) < 4.78 is 0. The molecule has 144 valence electrons. The van der Waals surface area contributed by atoms with Gasteiger partial charge in [0.1, 0.15) is 4.88 Å². The van der Waals surface area contributed by atoms with Crippen LogP contribution in [0, 0.1) is 19.8 Å². The third kappa shape index (κ3) is 4.41. The summed E-state index contributed by atoms with van der Waals surface area (Å²) in [5, 5.41) is 11.7. The summed E-state index contributed by atoms with van der Waals surface area (Å²) in [7, 11) is 3.40. The molecule has 3 rings (SSSR count). The van der Waals surface area contributed by atoms with Gasteiger partial charge < -0.3 is 15.1 Å². The number of thiazole rings is 1. The molecule has 1 N–H and O–H groups in total. The number of carbonyl (C=O) groups excluding carboxylic acids is 2. The number of anilines is 2. The number of nitrogens with zero attached hydrogens (tertiary/aromatic N) is 5. The average Bonchev–Trinajstić information content (AvgIpc) is 3.01. The predicted octanol–water partition coefficient (Wildman–Crippen LogP) is 2.11. The number of hydrogen-bond donors (Lipinski definition) is 1. The second-order valence-corrected chi connectivity index (χ2v) is 7.92. The monoisotopic (exact) mass is 388 g/mol. The van der Waals surface area contributed by atoms with Crippen LogP contribution in [0.25, 0.3) is 0 Å². The third-order valence-corrected chi connectivity index (χ3v) is 5.66. The van der Waals surface area contributed by atoms with Crippen LogP contribution in [0.2, 0.25) is 0 Å². The summed E-state index contributed by atoms with van der Waals surface area (Å²) in [6.07, 6.45) is 1.49. The van der Waals surface area contributed by atoms with Crippen LogP contribution in [-0.4, -0.2) is 59.1 Å². The second-order valence-electron chi connectivity index (χ2n) is 6.92. The van der Waals surface area contributed by atoms with Crippen molar-refractivity contribution in [1.29, 1.82) is 0 Å². The van der Waals surface area contributed by atoms with E-state index in [4.69, 9.17) is 0 Å². The predicted molar refractivity (Wildman–Crippen MR) is 105 cm³/mol. The summed E-state index contributed by atoms with van der Waals surface area (Å²) in [5.74, 6) is 0.638. The van der Waals surface area contributed by atoms with Crippen LogP contribution in [0.15, 0.2) is 12.1 Å². The Labute approximate surface area is 162 Å². The van der Waals surface area contributed by atoms with Gasteiger partial charge in [0.15, 0.2) is 10.9 Å². The first-order valence-corrected chi connectivity index (χ1v) is 9.72. The van der Waals surface area contributed by atoms with E-state index in [9.17, 15) is 9.59 Å². The van der Waals surface area contributed by atoms with E-state index in [1.165, 1.54) is 16.2 Å². The zero-order valence-corrected chi connectivity index (χ0v) is 16.8. The Morgan fingerprint density at radius 1 is 1.19 bits per heavy atom. The first-order chi connectivity index (χ1) is 12.8. The fraction of sp³-hybridized carbons (Fsp3) is 0.500. The minimum absolute atomic E-state index is 0.0396. The average molecular weight is 388 g/mol. The molecule has 8 nitrogen and oxygen atoms in total. The van der Waals surface area contributed by atoms with Gasteiger partial charge in [-0.1, -0.05) is 11.3 Å². The van der Waals surface area contributed by atoms with Gasteiger partial charge >= 0.3 is 0 Å². The normalized spacial score (nSPS) is 14.9. The number of piperidine rings is 1. The number of nitrogens with one attached hydrogen (secondary N) is 1. The summed E-state index contributed by atoms with van der Waals surface area (Å²) >= 11 is 1.22. The number of aryl methyl sites for hydroxylation is 2. The molecule has 2 aromatic rings. The molecule has 0 atom stereocenters. The van der Waals surface area contributed by atoms with Gasteiger partial charge in [0.2, 0.25) is 5.91 Å². The molecule has 1 saturated heterocycles. The molecule has 0 radical (unpaired) electrons. The van der Waals surface area contributed by atoms with E-state index in [-0.39, 0.29) is 17.7 Å². The quantitative estimate of drug-likeness (QED) is 0.863. The Balaban J connectivity index is 1.58. The zero-order valence-electron chi connectivity index (χ0n) is 16.0. The van der Waals surface area contributed by atoms with E-state index in [1.54, 1.807) is 21.0 Å². The van der Waals surface area contributed by atoms with E-state index in [0.29, 0.717) is 15.7 Å². The van der Waals surface area contributed by atoms with Gasteiger partial charge in [-0.05, 0) is 38.8 Å². The first-order valence-electron chi connectivity index (χ1n) is 8.90. The maximum Gasteiger partial charge on any atom is 0.265 e. The summed E-state index contributed by atoms with van der Waals surface area (Å²) in [6, 6.07) is 3.91. The number of aromatic nitrogens is 3. The topological polar surface area (TPSA) is 91.3 Å². The van der Waals surface area contributed by atoms with E-state index in [1.807, 2.05) is 19.1 Å². The van der Waals surface area contributed by atoms with Crippen molar-refractivity contribution in [3.8, 4) is 0 Å². The number of hydrogen-bond acceptors (Lipinski definition) is 7. The highest BCUT2D eigenvalue weighted by atomic mass is 32.1. The number of carbonyl (C=O) groups is 2. The molecule has 0 saturated carbocycles. The molecule has 0 spiro atoms. The maximum absolute atomic E-state index is 12.6.